The van der Waals surface area contributed by atoms with E-state index in [4.69, 9.17) is 5.84 Å². The molecule has 0 fully saturated rings. The Morgan fingerprint density at radius 2 is 1.58 bits per heavy atom. The number of fused-ring (bicyclic) bond motifs is 1. The highest BCUT2D eigenvalue weighted by atomic mass is 16.2. The number of hydrazine groups is 1. The van der Waals surface area contributed by atoms with Crippen LogP contribution >= 0.6 is 0 Å². The van der Waals surface area contributed by atoms with E-state index in [0.29, 0.717) is 24.3 Å². The molecule has 0 spiro atoms. The molecule has 96 valence electrons. The number of anilines is 1. The van der Waals surface area contributed by atoms with Crippen LogP contribution in [0, 0.1) is 0 Å². The fraction of sp³-hybridized carbons (Fsp3) is 0.133. The molecule has 2 aromatic carbocycles. The highest BCUT2D eigenvalue weighted by Gasteiger charge is 2.25. The normalized spacial score (nSPS) is 13.2. The molecule has 0 saturated carbocycles. The van der Waals surface area contributed by atoms with E-state index in [1.807, 2.05) is 29.2 Å². The first-order chi connectivity index (χ1) is 9.29. The van der Waals surface area contributed by atoms with E-state index in [0.717, 1.165) is 0 Å². The summed E-state index contributed by atoms with van der Waals surface area (Å²) in [5, 5.41) is 0. The van der Waals surface area contributed by atoms with Crippen molar-refractivity contribution in [1.29, 1.82) is 0 Å². The van der Waals surface area contributed by atoms with E-state index in [-0.39, 0.29) is 5.91 Å². The molecule has 0 bridgehead atoms. The Kier molecular flexibility index (Phi) is 2.93. The number of rotatable bonds is 2. The van der Waals surface area contributed by atoms with Gasteiger partial charge in [-0.1, -0.05) is 36.4 Å². The third kappa shape index (κ3) is 2.06. The average Bonchev–Trinajstić information content (AvgIpc) is 2.90. The second-order valence-corrected chi connectivity index (χ2v) is 4.62. The molecular formula is C15H15N3O. The van der Waals surface area contributed by atoms with Gasteiger partial charge in [-0.25, -0.2) is 0 Å². The lowest BCUT2D eigenvalue weighted by atomic mass is 10.1. The highest BCUT2D eigenvalue weighted by molar-refractivity contribution is 5.99. The van der Waals surface area contributed by atoms with E-state index >= 15 is 0 Å². The quantitative estimate of drug-likeness (QED) is 0.636. The van der Waals surface area contributed by atoms with Gasteiger partial charge in [0.25, 0.3) is 5.91 Å². The number of nitrogens with two attached hydrogens (primary N) is 1. The van der Waals surface area contributed by atoms with Crippen LogP contribution < -0.4 is 11.3 Å². The lowest BCUT2D eigenvalue weighted by molar-refractivity contribution is 0.0752. The molecule has 0 unspecified atom stereocenters. The van der Waals surface area contributed by atoms with E-state index in [2.05, 4.69) is 17.6 Å². The summed E-state index contributed by atoms with van der Waals surface area (Å²) >= 11 is 0. The smallest absolute Gasteiger partial charge is 0.256 e. The van der Waals surface area contributed by atoms with Gasteiger partial charge in [-0.2, -0.15) is 0 Å². The molecule has 0 atom stereocenters. The molecule has 0 aliphatic carbocycles. The molecular weight excluding hydrogens is 238 g/mol. The molecule has 0 radical (unpaired) electrons. The first kappa shape index (κ1) is 11.7. The number of hydrogen-bond donors (Lipinski definition) is 2. The first-order valence-electron chi connectivity index (χ1n) is 6.21. The molecule has 4 nitrogen and oxygen atoms in total. The van der Waals surface area contributed by atoms with Crippen LogP contribution in [0.15, 0.2) is 48.5 Å². The Bertz CT molecular complexity index is 599. The molecule has 2 aromatic rings. The number of benzene rings is 2. The van der Waals surface area contributed by atoms with Crippen LogP contribution in [0.5, 0.6) is 0 Å². The largest absolute Gasteiger partial charge is 0.330 e. The summed E-state index contributed by atoms with van der Waals surface area (Å²) in [6.07, 6.45) is 0. The minimum Gasteiger partial charge on any atom is -0.330 e. The van der Waals surface area contributed by atoms with Crippen LogP contribution in [-0.2, 0) is 13.1 Å². The summed E-state index contributed by atoms with van der Waals surface area (Å²) < 4.78 is 0. The number of para-hydroxylation sites is 1. The first-order valence-corrected chi connectivity index (χ1v) is 6.21. The van der Waals surface area contributed by atoms with Crippen molar-refractivity contribution in [3.05, 3.63) is 65.2 Å². The van der Waals surface area contributed by atoms with Gasteiger partial charge in [0.05, 0.1) is 11.3 Å². The van der Waals surface area contributed by atoms with Gasteiger partial charge in [0.1, 0.15) is 0 Å². The van der Waals surface area contributed by atoms with Crippen LogP contribution in [0.2, 0.25) is 0 Å². The van der Waals surface area contributed by atoms with Gasteiger partial charge < -0.3 is 10.3 Å². The van der Waals surface area contributed by atoms with Gasteiger partial charge >= 0.3 is 0 Å². The Hall–Kier alpha value is -2.33. The van der Waals surface area contributed by atoms with E-state index in [1.54, 1.807) is 12.1 Å². The molecule has 3 N–H and O–H groups in total. The number of amides is 1. The molecule has 1 heterocycles. The van der Waals surface area contributed by atoms with Crippen LogP contribution in [0.4, 0.5) is 5.69 Å². The lowest BCUT2D eigenvalue weighted by Gasteiger charge is -2.17. The summed E-state index contributed by atoms with van der Waals surface area (Å²) in [6, 6.07) is 15.4. The number of nitrogens with one attached hydrogen (secondary N) is 1. The van der Waals surface area contributed by atoms with E-state index < -0.39 is 0 Å². The maximum absolute atomic E-state index is 12.5. The Balaban J connectivity index is 1.87. The second-order valence-electron chi connectivity index (χ2n) is 4.62. The number of carbonyl (C=O) groups is 1. The molecule has 0 aromatic heterocycles. The Morgan fingerprint density at radius 3 is 2.21 bits per heavy atom. The zero-order valence-corrected chi connectivity index (χ0v) is 10.5. The predicted octanol–water partition coefficient (Wildman–Crippen LogP) is 2.13. The van der Waals surface area contributed by atoms with Gasteiger partial charge in [-0.3, -0.25) is 10.6 Å². The molecule has 3 rings (SSSR count). The zero-order valence-electron chi connectivity index (χ0n) is 10.5. The van der Waals surface area contributed by atoms with E-state index in [9.17, 15) is 4.79 Å². The number of carbonyl (C=O) groups excluding carboxylic acids is 1. The zero-order chi connectivity index (χ0) is 13.2. The SMILES string of the molecule is NNc1ccccc1C(=O)N1Cc2ccccc2C1. The van der Waals surface area contributed by atoms with Crippen LogP contribution in [0.1, 0.15) is 21.5 Å². The Labute approximate surface area is 111 Å². The maximum atomic E-state index is 12.5. The summed E-state index contributed by atoms with van der Waals surface area (Å²) in [6.45, 7) is 1.32. The van der Waals surface area contributed by atoms with Crippen molar-refractivity contribution in [1.82, 2.24) is 4.90 Å². The van der Waals surface area contributed by atoms with Crippen molar-refractivity contribution in [2.75, 3.05) is 5.43 Å². The number of nitrogens with zero attached hydrogens (tertiary/aromatic N) is 1. The summed E-state index contributed by atoms with van der Waals surface area (Å²) in [5.41, 5.74) is 6.27. The minimum absolute atomic E-state index is 0.00440. The minimum atomic E-state index is 0.00440. The van der Waals surface area contributed by atoms with Crippen molar-refractivity contribution in [3.8, 4) is 0 Å². The monoisotopic (exact) mass is 253 g/mol. The van der Waals surface area contributed by atoms with Crippen molar-refractivity contribution in [3.63, 3.8) is 0 Å². The van der Waals surface area contributed by atoms with E-state index in [1.165, 1.54) is 11.1 Å². The maximum Gasteiger partial charge on any atom is 0.256 e. The van der Waals surface area contributed by atoms with Crippen LogP contribution in [0.3, 0.4) is 0 Å². The van der Waals surface area contributed by atoms with Crippen LogP contribution in [-0.4, -0.2) is 10.8 Å². The fourth-order valence-corrected chi connectivity index (χ4v) is 2.44. The topological polar surface area (TPSA) is 58.4 Å². The third-order valence-electron chi connectivity index (χ3n) is 3.44. The summed E-state index contributed by atoms with van der Waals surface area (Å²) in [7, 11) is 0. The molecule has 1 amide bonds. The van der Waals surface area contributed by atoms with Crippen molar-refractivity contribution >= 4 is 11.6 Å². The highest BCUT2D eigenvalue weighted by Crippen LogP contribution is 2.25. The van der Waals surface area contributed by atoms with Crippen molar-refractivity contribution in [2.45, 2.75) is 13.1 Å². The summed E-state index contributed by atoms with van der Waals surface area (Å²) in [4.78, 5) is 14.4. The molecule has 1 aliphatic rings. The summed E-state index contributed by atoms with van der Waals surface area (Å²) in [5.74, 6) is 5.45. The van der Waals surface area contributed by atoms with Crippen molar-refractivity contribution in [2.24, 2.45) is 5.84 Å². The molecule has 19 heavy (non-hydrogen) atoms. The van der Waals surface area contributed by atoms with Gasteiger partial charge in [0.2, 0.25) is 0 Å². The van der Waals surface area contributed by atoms with Crippen molar-refractivity contribution < 1.29 is 4.79 Å². The number of nitrogen functional groups attached to an aromatic ring is 1. The third-order valence-corrected chi connectivity index (χ3v) is 3.44. The fourth-order valence-electron chi connectivity index (χ4n) is 2.44. The van der Waals surface area contributed by atoms with Gasteiger partial charge in [0.15, 0.2) is 0 Å². The second kappa shape index (κ2) is 4.74. The van der Waals surface area contributed by atoms with Gasteiger partial charge in [0, 0.05) is 13.1 Å². The molecule has 0 saturated heterocycles. The standard InChI is InChI=1S/C15H15N3O/c16-17-14-8-4-3-7-13(14)15(19)18-9-11-5-1-2-6-12(11)10-18/h1-8,17H,9-10,16H2. The average molecular weight is 253 g/mol. The van der Waals surface area contributed by atoms with Gasteiger partial charge in [-0.05, 0) is 23.3 Å². The van der Waals surface area contributed by atoms with Crippen LogP contribution in [0.25, 0.3) is 0 Å². The number of hydrogen-bond acceptors (Lipinski definition) is 3. The molecule has 1 aliphatic heterocycles. The lowest BCUT2D eigenvalue weighted by Crippen LogP contribution is -2.26. The Morgan fingerprint density at radius 1 is 1.00 bits per heavy atom. The van der Waals surface area contributed by atoms with Gasteiger partial charge in [-0.15, -0.1) is 0 Å². The molecule has 4 heteroatoms. The predicted molar refractivity (Wildman–Crippen MR) is 74.3 cm³/mol.